The van der Waals surface area contributed by atoms with Gasteiger partial charge in [-0.15, -0.1) is 0 Å². The van der Waals surface area contributed by atoms with Crippen LogP contribution in [0.4, 0.5) is 4.79 Å². The standard InChI is InChI=1S/C25H35NO9S/c1-16-12-17(2)19(18(3)13-16)14-33-23(27)22(26-24(28)34-25(4,5)6)20(35-36(7,29)30)15-32-21-10-8-9-11-31-21/h8-10,12-13,20,22H,11,14-15H2,1-7H3,(H,26,28)/t20-,22?/m0/s1. The van der Waals surface area contributed by atoms with Crippen LogP contribution in [0.5, 0.6) is 0 Å². The average Bonchev–Trinajstić information content (AvgIpc) is 2.73. The van der Waals surface area contributed by atoms with Gasteiger partial charge in [-0.1, -0.05) is 23.8 Å². The van der Waals surface area contributed by atoms with E-state index < -0.39 is 46.5 Å². The molecule has 2 atom stereocenters. The number of rotatable bonds is 10. The maximum Gasteiger partial charge on any atom is 0.408 e. The van der Waals surface area contributed by atoms with Gasteiger partial charge < -0.3 is 24.3 Å². The summed E-state index contributed by atoms with van der Waals surface area (Å²) in [7, 11) is -4.07. The molecule has 2 rings (SSSR count). The number of carbonyl (C=O) groups is 2. The number of hydrogen-bond donors (Lipinski definition) is 1. The molecule has 1 amide bonds. The van der Waals surface area contributed by atoms with Crippen LogP contribution in [-0.2, 0) is 44.7 Å². The lowest BCUT2D eigenvalue weighted by molar-refractivity contribution is -0.151. The van der Waals surface area contributed by atoms with Gasteiger partial charge in [0.2, 0.25) is 0 Å². The summed E-state index contributed by atoms with van der Waals surface area (Å²) in [5.41, 5.74) is 2.86. The molecule has 0 saturated heterocycles. The molecule has 0 bridgehead atoms. The van der Waals surface area contributed by atoms with Crippen molar-refractivity contribution in [2.75, 3.05) is 19.5 Å². The highest BCUT2D eigenvalue weighted by atomic mass is 32.2. The predicted octanol–water partition coefficient (Wildman–Crippen LogP) is 3.34. The van der Waals surface area contributed by atoms with Crippen LogP contribution < -0.4 is 5.32 Å². The van der Waals surface area contributed by atoms with E-state index in [1.165, 1.54) is 6.08 Å². The topological polar surface area (TPSA) is 126 Å². The van der Waals surface area contributed by atoms with Crippen molar-refractivity contribution in [3.63, 3.8) is 0 Å². The van der Waals surface area contributed by atoms with Gasteiger partial charge in [0.05, 0.1) is 6.26 Å². The van der Waals surface area contributed by atoms with Crippen molar-refractivity contribution in [1.29, 1.82) is 0 Å². The van der Waals surface area contributed by atoms with Crippen molar-refractivity contribution < 1.29 is 41.1 Å². The minimum absolute atomic E-state index is 0.0885. The summed E-state index contributed by atoms with van der Waals surface area (Å²) in [4.78, 5) is 25.7. The summed E-state index contributed by atoms with van der Waals surface area (Å²) in [6, 6.07) is 2.35. The van der Waals surface area contributed by atoms with Gasteiger partial charge in [-0.3, -0.25) is 4.18 Å². The molecule has 0 fully saturated rings. The third kappa shape index (κ3) is 9.90. The van der Waals surface area contributed by atoms with E-state index in [9.17, 15) is 18.0 Å². The van der Waals surface area contributed by atoms with Crippen LogP contribution >= 0.6 is 0 Å². The summed E-state index contributed by atoms with van der Waals surface area (Å²) >= 11 is 0. The third-order valence-corrected chi connectivity index (χ3v) is 5.47. The van der Waals surface area contributed by atoms with E-state index in [1.54, 1.807) is 32.9 Å². The Kier molecular flexibility index (Phi) is 9.94. The van der Waals surface area contributed by atoms with Crippen molar-refractivity contribution in [3.05, 3.63) is 58.6 Å². The molecule has 1 heterocycles. The van der Waals surface area contributed by atoms with Crippen LogP contribution in [0.25, 0.3) is 0 Å². The lowest BCUT2D eigenvalue weighted by atomic mass is 10.0. The van der Waals surface area contributed by atoms with E-state index in [4.69, 9.17) is 23.1 Å². The second-order valence-electron chi connectivity index (χ2n) is 9.48. The molecule has 0 radical (unpaired) electrons. The van der Waals surface area contributed by atoms with Crippen molar-refractivity contribution >= 4 is 22.2 Å². The molecule has 10 nitrogen and oxygen atoms in total. The maximum atomic E-state index is 13.2. The molecule has 0 aliphatic carbocycles. The Morgan fingerprint density at radius 1 is 1.14 bits per heavy atom. The van der Waals surface area contributed by atoms with E-state index in [0.717, 1.165) is 28.5 Å². The van der Waals surface area contributed by atoms with Crippen LogP contribution in [0.3, 0.4) is 0 Å². The molecular weight excluding hydrogens is 490 g/mol. The normalized spacial score (nSPS) is 15.2. The molecule has 0 aromatic heterocycles. The highest BCUT2D eigenvalue weighted by molar-refractivity contribution is 7.86. The number of esters is 1. The fourth-order valence-electron chi connectivity index (χ4n) is 3.45. The Hall–Kier alpha value is -3.05. The van der Waals surface area contributed by atoms with Crippen molar-refractivity contribution in [3.8, 4) is 0 Å². The zero-order valence-corrected chi connectivity index (χ0v) is 22.6. The number of carbonyl (C=O) groups excluding carboxylic acids is 2. The van der Waals surface area contributed by atoms with E-state index in [2.05, 4.69) is 5.32 Å². The first-order chi connectivity index (χ1) is 16.6. The highest BCUT2D eigenvalue weighted by Crippen LogP contribution is 2.19. The van der Waals surface area contributed by atoms with Crippen LogP contribution in [0.2, 0.25) is 0 Å². The van der Waals surface area contributed by atoms with E-state index in [0.29, 0.717) is 0 Å². The molecule has 1 aromatic rings. The van der Waals surface area contributed by atoms with Crippen molar-refractivity contribution in [2.45, 2.75) is 65.9 Å². The highest BCUT2D eigenvalue weighted by Gasteiger charge is 2.37. The number of amides is 1. The lowest BCUT2D eigenvalue weighted by Crippen LogP contribution is -2.53. The third-order valence-electron chi connectivity index (χ3n) is 4.88. The molecule has 200 valence electrons. The molecule has 1 aromatic carbocycles. The SMILES string of the molecule is Cc1cc(C)c(COC(=O)C(NC(=O)OC(C)(C)C)[C@H](COC2=CC=CCO2)OS(C)(=O)=O)c(C)c1. The van der Waals surface area contributed by atoms with Gasteiger partial charge in [-0.2, -0.15) is 8.42 Å². The minimum Gasteiger partial charge on any atom is -0.463 e. The summed E-state index contributed by atoms with van der Waals surface area (Å²) < 4.78 is 50.7. The van der Waals surface area contributed by atoms with Crippen LogP contribution in [0.15, 0.2) is 36.3 Å². The Morgan fingerprint density at radius 2 is 1.78 bits per heavy atom. The van der Waals surface area contributed by atoms with Gasteiger partial charge in [-0.05, 0) is 64.3 Å². The monoisotopic (exact) mass is 525 g/mol. The fourth-order valence-corrected chi connectivity index (χ4v) is 4.06. The van der Waals surface area contributed by atoms with Gasteiger partial charge >= 0.3 is 12.1 Å². The van der Waals surface area contributed by atoms with Gasteiger partial charge in [-0.25, -0.2) is 9.59 Å². The minimum atomic E-state index is -4.07. The smallest absolute Gasteiger partial charge is 0.408 e. The Bertz CT molecular complexity index is 1090. The molecule has 1 aliphatic heterocycles. The van der Waals surface area contributed by atoms with Crippen molar-refractivity contribution in [2.24, 2.45) is 0 Å². The number of hydrogen-bond acceptors (Lipinski definition) is 9. The lowest BCUT2D eigenvalue weighted by Gasteiger charge is -2.28. The van der Waals surface area contributed by atoms with Gasteiger partial charge in [0.15, 0.2) is 6.04 Å². The van der Waals surface area contributed by atoms with Gasteiger partial charge in [0, 0.05) is 6.08 Å². The predicted molar refractivity (Wildman–Crippen MR) is 132 cm³/mol. The summed E-state index contributed by atoms with van der Waals surface area (Å²) in [6.45, 7) is 10.4. The number of allylic oxidation sites excluding steroid dienone is 2. The number of alkyl carbamates (subject to hydrolysis) is 1. The molecule has 0 spiro atoms. The largest absolute Gasteiger partial charge is 0.463 e. The molecule has 11 heteroatoms. The zero-order chi connectivity index (χ0) is 27.1. The molecule has 1 N–H and O–H groups in total. The zero-order valence-electron chi connectivity index (χ0n) is 21.7. The Labute approximate surface area is 212 Å². The summed E-state index contributed by atoms with van der Waals surface area (Å²) in [5, 5.41) is 2.38. The Balaban J connectivity index is 2.30. The Morgan fingerprint density at radius 3 is 2.31 bits per heavy atom. The van der Waals surface area contributed by atoms with Gasteiger partial charge in [0.25, 0.3) is 16.1 Å². The molecular formula is C25H35NO9S. The summed E-state index contributed by atoms with van der Waals surface area (Å²) in [6.07, 6.45) is 3.37. The second kappa shape index (κ2) is 12.3. The second-order valence-corrected chi connectivity index (χ2v) is 11.1. The number of nitrogens with one attached hydrogen (secondary N) is 1. The van der Waals surface area contributed by atoms with Crippen LogP contribution in [-0.4, -0.2) is 57.7 Å². The van der Waals surface area contributed by atoms with E-state index in [1.807, 2.05) is 32.9 Å². The number of ether oxygens (including phenoxy) is 4. The van der Waals surface area contributed by atoms with Crippen LogP contribution in [0, 0.1) is 20.8 Å². The first kappa shape index (κ1) is 29.2. The molecule has 36 heavy (non-hydrogen) atoms. The first-order valence-electron chi connectivity index (χ1n) is 11.4. The quantitative estimate of drug-likeness (QED) is 0.361. The van der Waals surface area contributed by atoms with Gasteiger partial charge in [0.1, 0.15) is 31.5 Å². The first-order valence-corrected chi connectivity index (χ1v) is 13.2. The van der Waals surface area contributed by atoms with Crippen LogP contribution in [0.1, 0.15) is 43.0 Å². The molecule has 1 aliphatic rings. The number of benzene rings is 1. The summed E-state index contributed by atoms with van der Waals surface area (Å²) in [5.74, 6) is -0.814. The molecule has 1 unspecified atom stereocenters. The number of aryl methyl sites for hydroxylation is 3. The van der Waals surface area contributed by atoms with Crippen molar-refractivity contribution in [1.82, 2.24) is 5.32 Å². The van der Waals surface area contributed by atoms with E-state index in [-0.39, 0.29) is 19.2 Å². The van der Waals surface area contributed by atoms with E-state index >= 15 is 0 Å². The maximum absolute atomic E-state index is 13.2. The molecule has 0 saturated carbocycles. The average molecular weight is 526 g/mol. The fraction of sp³-hybridized carbons (Fsp3) is 0.520.